The Morgan fingerprint density at radius 3 is 2.67 bits per heavy atom. The van der Waals surface area contributed by atoms with E-state index in [4.69, 9.17) is 10.5 Å². The second-order valence-corrected chi connectivity index (χ2v) is 4.84. The van der Waals surface area contributed by atoms with Gasteiger partial charge in [0.2, 0.25) is 0 Å². The SMILES string of the molecule is NC(CCOCC(F)F)C1CC1c1ccccc1. The smallest absolute Gasteiger partial charge is 0.261 e. The van der Waals surface area contributed by atoms with Crippen LogP contribution in [0.5, 0.6) is 0 Å². The van der Waals surface area contributed by atoms with Gasteiger partial charge in [0.25, 0.3) is 6.43 Å². The monoisotopic (exact) mass is 255 g/mol. The van der Waals surface area contributed by atoms with Gasteiger partial charge in [-0.15, -0.1) is 0 Å². The Hall–Kier alpha value is -1.00. The van der Waals surface area contributed by atoms with Crippen LogP contribution in [0.3, 0.4) is 0 Å². The number of hydrogen-bond acceptors (Lipinski definition) is 2. The number of nitrogens with two attached hydrogens (primary N) is 1. The quantitative estimate of drug-likeness (QED) is 0.760. The molecule has 0 bridgehead atoms. The van der Waals surface area contributed by atoms with Gasteiger partial charge in [-0.25, -0.2) is 8.78 Å². The molecule has 0 aliphatic heterocycles. The van der Waals surface area contributed by atoms with E-state index in [1.807, 2.05) is 18.2 Å². The average Bonchev–Trinajstić information content (AvgIpc) is 3.15. The predicted octanol–water partition coefficient (Wildman–Crippen LogP) is 2.79. The summed E-state index contributed by atoms with van der Waals surface area (Å²) in [5.74, 6) is 1.01. The van der Waals surface area contributed by atoms with E-state index in [9.17, 15) is 8.78 Å². The van der Waals surface area contributed by atoms with E-state index in [1.165, 1.54) is 5.56 Å². The Kier molecular flexibility index (Phi) is 4.66. The third-order valence-corrected chi connectivity index (χ3v) is 3.46. The average molecular weight is 255 g/mol. The van der Waals surface area contributed by atoms with Gasteiger partial charge in [0.05, 0.1) is 0 Å². The van der Waals surface area contributed by atoms with E-state index in [-0.39, 0.29) is 6.04 Å². The highest BCUT2D eigenvalue weighted by molar-refractivity contribution is 5.26. The summed E-state index contributed by atoms with van der Waals surface area (Å²) in [5, 5.41) is 0. The van der Waals surface area contributed by atoms with Gasteiger partial charge in [0.1, 0.15) is 6.61 Å². The van der Waals surface area contributed by atoms with Crippen molar-refractivity contribution in [3.05, 3.63) is 35.9 Å². The Morgan fingerprint density at radius 1 is 1.28 bits per heavy atom. The van der Waals surface area contributed by atoms with Crippen LogP contribution in [0.4, 0.5) is 8.78 Å². The summed E-state index contributed by atoms with van der Waals surface area (Å²) in [4.78, 5) is 0. The lowest BCUT2D eigenvalue weighted by molar-refractivity contribution is 0.0148. The minimum atomic E-state index is -2.39. The summed E-state index contributed by atoms with van der Waals surface area (Å²) in [7, 11) is 0. The maximum absolute atomic E-state index is 11.9. The maximum Gasteiger partial charge on any atom is 0.261 e. The van der Waals surface area contributed by atoms with E-state index in [0.29, 0.717) is 24.9 Å². The molecule has 2 N–H and O–H groups in total. The standard InChI is InChI=1S/C14H19F2NO/c15-14(16)9-18-7-6-13(17)12-8-11(12)10-4-2-1-3-5-10/h1-5,11-14H,6-9,17H2. The minimum Gasteiger partial charge on any atom is -0.375 e. The molecule has 1 fully saturated rings. The number of alkyl halides is 2. The molecule has 0 radical (unpaired) electrons. The van der Waals surface area contributed by atoms with Crippen LogP contribution in [-0.2, 0) is 4.74 Å². The first kappa shape index (κ1) is 13.4. The summed E-state index contributed by atoms with van der Waals surface area (Å²) in [6.45, 7) is -0.164. The molecule has 0 amide bonds. The number of hydrogen-bond donors (Lipinski definition) is 1. The lowest BCUT2D eigenvalue weighted by atomic mass is 10.0. The van der Waals surface area contributed by atoms with Crippen LogP contribution in [0.15, 0.2) is 30.3 Å². The first-order chi connectivity index (χ1) is 8.68. The zero-order valence-corrected chi connectivity index (χ0v) is 10.3. The van der Waals surface area contributed by atoms with Crippen LogP contribution in [0.25, 0.3) is 0 Å². The van der Waals surface area contributed by atoms with Gasteiger partial charge in [-0.2, -0.15) is 0 Å². The Labute approximate surface area is 106 Å². The maximum atomic E-state index is 11.9. The first-order valence-corrected chi connectivity index (χ1v) is 6.35. The van der Waals surface area contributed by atoms with Crippen LogP contribution >= 0.6 is 0 Å². The van der Waals surface area contributed by atoms with Crippen LogP contribution in [-0.4, -0.2) is 25.7 Å². The van der Waals surface area contributed by atoms with Crippen molar-refractivity contribution in [2.75, 3.05) is 13.2 Å². The van der Waals surface area contributed by atoms with Gasteiger partial charge in [0, 0.05) is 12.6 Å². The second kappa shape index (κ2) is 6.25. The van der Waals surface area contributed by atoms with E-state index in [1.54, 1.807) is 0 Å². The molecular formula is C14H19F2NO. The molecule has 18 heavy (non-hydrogen) atoms. The normalized spacial score (nSPS) is 24.2. The molecule has 1 saturated carbocycles. The lowest BCUT2D eigenvalue weighted by Gasteiger charge is -2.11. The molecule has 0 heterocycles. The number of ether oxygens (including phenoxy) is 1. The van der Waals surface area contributed by atoms with Gasteiger partial charge in [-0.3, -0.25) is 0 Å². The van der Waals surface area contributed by atoms with E-state index >= 15 is 0 Å². The van der Waals surface area contributed by atoms with Crippen molar-refractivity contribution in [2.45, 2.75) is 31.2 Å². The highest BCUT2D eigenvalue weighted by Gasteiger charge is 2.41. The summed E-state index contributed by atoms with van der Waals surface area (Å²) in [6.07, 6.45) is -0.639. The second-order valence-electron chi connectivity index (χ2n) is 4.84. The summed E-state index contributed by atoms with van der Waals surface area (Å²) >= 11 is 0. The molecule has 0 aromatic heterocycles. The highest BCUT2D eigenvalue weighted by Crippen LogP contribution is 2.49. The molecule has 1 aromatic rings. The van der Waals surface area contributed by atoms with Gasteiger partial charge in [-0.1, -0.05) is 30.3 Å². The lowest BCUT2D eigenvalue weighted by Crippen LogP contribution is -2.25. The van der Waals surface area contributed by atoms with Gasteiger partial charge < -0.3 is 10.5 Å². The highest BCUT2D eigenvalue weighted by atomic mass is 19.3. The molecule has 0 saturated heterocycles. The summed E-state index contributed by atoms with van der Waals surface area (Å²) in [5.41, 5.74) is 7.38. The topological polar surface area (TPSA) is 35.2 Å². The molecule has 1 aromatic carbocycles. The molecule has 2 rings (SSSR count). The van der Waals surface area contributed by atoms with Gasteiger partial charge >= 0.3 is 0 Å². The zero-order chi connectivity index (χ0) is 13.0. The van der Waals surface area contributed by atoms with Gasteiger partial charge in [0.15, 0.2) is 0 Å². The van der Waals surface area contributed by atoms with Crippen molar-refractivity contribution in [1.29, 1.82) is 0 Å². The number of halogens is 2. The Morgan fingerprint density at radius 2 is 2.00 bits per heavy atom. The Balaban J connectivity index is 1.68. The molecule has 3 atom stereocenters. The first-order valence-electron chi connectivity index (χ1n) is 6.35. The number of benzene rings is 1. The van der Waals surface area contributed by atoms with E-state index < -0.39 is 13.0 Å². The third-order valence-electron chi connectivity index (χ3n) is 3.46. The fourth-order valence-corrected chi connectivity index (χ4v) is 2.38. The van der Waals surface area contributed by atoms with Crippen molar-refractivity contribution in [3.8, 4) is 0 Å². The van der Waals surface area contributed by atoms with Crippen LogP contribution < -0.4 is 5.73 Å². The molecule has 100 valence electrons. The molecule has 3 unspecified atom stereocenters. The summed E-state index contributed by atoms with van der Waals surface area (Å²) in [6, 6.07) is 10.3. The molecule has 4 heteroatoms. The van der Waals surface area contributed by atoms with Crippen molar-refractivity contribution >= 4 is 0 Å². The van der Waals surface area contributed by atoms with E-state index in [0.717, 1.165) is 6.42 Å². The Bertz CT molecular complexity index is 358. The molecule has 1 aliphatic carbocycles. The molecule has 2 nitrogen and oxygen atoms in total. The van der Waals surface area contributed by atoms with Crippen molar-refractivity contribution in [2.24, 2.45) is 11.7 Å². The zero-order valence-electron chi connectivity index (χ0n) is 10.3. The largest absolute Gasteiger partial charge is 0.375 e. The van der Waals surface area contributed by atoms with Crippen LogP contribution in [0.2, 0.25) is 0 Å². The number of rotatable bonds is 7. The van der Waals surface area contributed by atoms with Crippen LogP contribution in [0, 0.1) is 5.92 Å². The predicted molar refractivity (Wildman–Crippen MR) is 66.7 cm³/mol. The van der Waals surface area contributed by atoms with Crippen molar-refractivity contribution in [1.82, 2.24) is 0 Å². The van der Waals surface area contributed by atoms with Crippen LogP contribution in [0.1, 0.15) is 24.3 Å². The molecule has 0 spiro atoms. The van der Waals surface area contributed by atoms with Gasteiger partial charge in [-0.05, 0) is 30.2 Å². The molecular weight excluding hydrogens is 236 g/mol. The fourth-order valence-electron chi connectivity index (χ4n) is 2.38. The van der Waals surface area contributed by atoms with E-state index in [2.05, 4.69) is 12.1 Å². The summed E-state index contributed by atoms with van der Waals surface area (Å²) < 4.78 is 28.6. The molecule has 1 aliphatic rings. The van der Waals surface area contributed by atoms with Crippen molar-refractivity contribution in [3.63, 3.8) is 0 Å². The minimum absolute atomic E-state index is 0.0490. The third kappa shape index (κ3) is 3.75. The fraction of sp³-hybridized carbons (Fsp3) is 0.571. The van der Waals surface area contributed by atoms with Crippen molar-refractivity contribution < 1.29 is 13.5 Å².